The largest absolute Gasteiger partial charge is 1.00 e. The number of halogens is 1. The second-order valence-electron chi connectivity index (χ2n) is 7.50. The molecule has 2 bridgehead atoms. The van der Waals surface area contributed by atoms with Crippen LogP contribution in [0.3, 0.4) is 0 Å². The van der Waals surface area contributed by atoms with E-state index in [0.717, 1.165) is 34.2 Å². The molecule has 0 fully saturated rings. The van der Waals surface area contributed by atoms with E-state index in [1.54, 1.807) is 7.11 Å². The number of allylic oxidation sites excluding steroid dienone is 1. The zero-order chi connectivity index (χ0) is 19.8. The summed E-state index contributed by atoms with van der Waals surface area (Å²) < 4.78 is 14.9. The van der Waals surface area contributed by atoms with Crippen molar-refractivity contribution < 1.29 is 36.4 Å². The Morgan fingerprint density at radius 2 is 2.10 bits per heavy atom. The van der Waals surface area contributed by atoms with Crippen LogP contribution in [-0.4, -0.2) is 60.9 Å². The summed E-state index contributed by atoms with van der Waals surface area (Å²) in [6.45, 7) is 0.580. The maximum Gasteiger partial charge on any atom is 0.329 e. The fourth-order valence-corrected chi connectivity index (χ4v) is 4.92. The number of aromatic nitrogens is 1. The van der Waals surface area contributed by atoms with E-state index in [9.17, 15) is 9.90 Å². The van der Waals surface area contributed by atoms with Crippen LogP contribution in [0.15, 0.2) is 35.9 Å². The van der Waals surface area contributed by atoms with Gasteiger partial charge in [-0.25, -0.2) is 9.37 Å². The van der Waals surface area contributed by atoms with Crippen molar-refractivity contribution in [2.75, 3.05) is 34.5 Å². The molecule has 0 radical (unpaired) electrons. The minimum atomic E-state index is -0.429. The summed E-state index contributed by atoms with van der Waals surface area (Å²) in [5.41, 5.74) is 4.36. The summed E-state index contributed by atoms with van der Waals surface area (Å²) >= 11 is 0. The fraction of sp³-hybridized carbons (Fsp3) is 0.455. The van der Waals surface area contributed by atoms with Gasteiger partial charge in [0, 0.05) is 42.5 Å². The molecule has 0 spiro atoms. The van der Waals surface area contributed by atoms with E-state index in [2.05, 4.69) is 40.6 Å². The first kappa shape index (κ1) is 21.6. The van der Waals surface area contributed by atoms with Crippen LogP contribution in [0.5, 0.6) is 0 Å². The monoisotopic (exact) mass is 418 g/mol. The number of benzene rings is 1. The molecule has 2 aromatic rings. The quantitative estimate of drug-likeness (QED) is 0.513. The minimum Gasteiger partial charge on any atom is -1.00 e. The van der Waals surface area contributed by atoms with Gasteiger partial charge < -0.3 is 31.6 Å². The van der Waals surface area contributed by atoms with Crippen LogP contribution >= 0.6 is 0 Å². The highest BCUT2D eigenvalue weighted by Crippen LogP contribution is 2.48. The molecule has 3 atom stereocenters. The molecule has 2 aliphatic heterocycles. The highest BCUT2D eigenvalue weighted by molar-refractivity contribution is 5.90. The second kappa shape index (κ2) is 8.69. The first-order valence-electron chi connectivity index (χ1n) is 9.68. The molecule has 0 aliphatic carbocycles. The summed E-state index contributed by atoms with van der Waals surface area (Å²) in [5, 5.41) is 10.8. The molecule has 1 N–H and O–H groups in total. The molecule has 1 aromatic carbocycles. The number of fused-ring (bicyclic) bond motifs is 6. The number of carbonyl (C=O) groups excluding carboxylic acids is 1. The Labute approximate surface area is 176 Å². The van der Waals surface area contributed by atoms with E-state index in [1.807, 2.05) is 12.1 Å². The average molecular weight is 419 g/mol. The lowest BCUT2D eigenvalue weighted by molar-refractivity contribution is -0.549. The third-order valence-electron chi connectivity index (χ3n) is 6.07. The number of ether oxygens (including phenoxy) is 2. The molecule has 3 heterocycles. The Balaban J connectivity index is 0.00000240. The van der Waals surface area contributed by atoms with Crippen LogP contribution in [0.4, 0.5) is 0 Å². The van der Waals surface area contributed by atoms with Crippen LogP contribution in [0, 0.1) is 5.92 Å². The number of aliphatic hydroxyl groups is 1. The van der Waals surface area contributed by atoms with Crippen LogP contribution in [-0.2, 0) is 20.7 Å². The maximum atomic E-state index is 13.0. The van der Waals surface area contributed by atoms with E-state index in [4.69, 9.17) is 9.47 Å². The van der Waals surface area contributed by atoms with E-state index in [-0.39, 0.29) is 36.9 Å². The molecule has 1 unspecified atom stereocenters. The standard InChI is InChI=1S/C22H27N2O4.ClH/c1-23-13-14(9-11-27-2)17-12-19(23)20-16(8-10-25)15-6-4-5-7-18(15)24(20)21(17)22(26)28-3;/h4-7,9,13,17,19,21,25H,8,10-12H2,1-3H3;1H/q+1;/p-1/b14-9-;/t17-,19-,21?;/m0./s1. The van der Waals surface area contributed by atoms with Crippen molar-refractivity contribution in [1.82, 2.24) is 4.57 Å². The first-order valence-corrected chi connectivity index (χ1v) is 9.68. The number of methoxy groups -OCH3 is 2. The summed E-state index contributed by atoms with van der Waals surface area (Å²) in [5.74, 6) is -0.212. The number of esters is 1. The number of aliphatic hydroxyl groups excluding tert-OH is 1. The smallest absolute Gasteiger partial charge is 0.329 e. The van der Waals surface area contributed by atoms with E-state index in [1.165, 1.54) is 7.11 Å². The molecule has 6 nitrogen and oxygen atoms in total. The minimum absolute atomic E-state index is 0. The topological polar surface area (TPSA) is 63.7 Å². The van der Waals surface area contributed by atoms with Gasteiger partial charge in [0.25, 0.3) is 0 Å². The van der Waals surface area contributed by atoms with Gasteiger partial charge in [0.2, 0.25) is 0 Å². The lowest BCUT2D eigenvalue weighted by atomic mass is 9.78. The van der Waals surface area contributed by atoms with Crippen LogP contribution in [0.25, 0.3) is 10.9 Å². The number of nitrogens with zero attached hydrogens (tertiary/aromatic N) is 2. The molecule has 156 valence electrons. The SMILES string of the molecule is COC/C=C1/C=[N+](C)[C@H]2C[C@@H]1C(C(=O)OC)n1c2c(CCO)c2ccccc21.[Cl-]. The Kier molecular flexibility index (Phi) is 6.46. The third-order valence-corrected chi connectivity index (χ3v) is 6.07. The Bertz CT molecular complexity index is 979. The summed E-state index contributed by atoms with van der Waals surface area (Å²) in [7, 11) is 5.19. The Hall–Kier alpha value is -2.15. The number of para-hydroxylation sites is 1. The third kappa shape index (κ3) is 3.39. The van der Waals surface area contributed by atoms with Gasteiger partial charge in [-0.05, 0) is 24.1 Å². The molecular formula is C22H27ClN2O4. The maximum absolute atomic E-state index is 13.0. The summed E-state index contributed by atoms with van der Waals surface area (Å²) in [6, 6.07) is 7.86. The van der Waals surface area contributed by atoms with Gasteiger partial charge in [-0.2, -0.15) is 0 Å². The average Bonchev–Trinajstić information content (AvgIpc) is 3.03. The highest BCUT2D eigenvalue weighted by atomic mass is 35.5. The molecular weight excluding hydrogens is 392 g/mol. The number of carbonyl (C=O) groups is 1. The van der Waals surface area contributed by atoms with Crippen LogP contribution < -0.4 is 12.4 Å². The fourth-order valence-electron chi connectivity index (χ4n) is 4.92. The van der Waals surface area contributed by atoms with Gasteiger partial charge in [0.15, 0.2) is 12.3 Å². The van der Waals surface area contributed by atoms with Gasteiger partial charge in [-0.3, -0.25) is 0 Å². The van der Waals surface area contributed by atoms with Crippen molar-refractivity contribution in [3.8, 4) is 0 Å². The summed E-state index contributed by atoms with van der Waals surface area (Å²) in [4.78, 5) is 13.0. The lowest BCUT2D eigenvalue weighted by Crippen LogP contribution is -3.00. The highest BCUT2D eigenvalue weighted by Gasteiger charge is 2.49. The summed E-state index contributed by atoms with van der Waals surface area (Å²) in [6.07, 6.45) is 5.57. The molecule has 7 heteroatoms. The van der Waals surface area contributed by atoms with Gasteiger partial charge in [-0.1, -0.05) is 18.2 Å². The van der Waals surface area contributed by atoms with Crippen molar-refractivity contribution in [2.24, 2.45) is 5.92 Å². The van der Waals surface area contributed by atoms with Crippen molar-refractivity contribution in [1.29, 1.82) is 0 Å². The molecule has 29 heavy (non-hydrogen) atoms. The van der Waals surface area contributed by atoms with Crippen LogP contribution in [0.2, 0.25) is 0 Å². The van der Waals surface area contributed by atoms with E-state index >= 15 is 0 Å². The molecule has 0 saturated heterocycles. The van der Waals surface area contributed by atoms with Crippen molar-refractivity contribution in [2.45, 2.75) is 24.9 Å². The van der Waals surface area contributed by atoms with Gasteiger partial charge in [-0.15, -0.1) is 0 Å². The lowest BCUT2D eigenvalue weighted by Gasteiger charge is -2.38. The number of hydrogen-bond acceptors (Lipinski definition) is 4. The van der Waals surface area contributed by atoms with Crippen molar-refractivity contribution in [3.05, 3.63) is 47.2 Å². The zero-order valence-electron chi connectivity index (χ0n) is 17.0. The zero-order valence-corrected chi connectivity index (χ0v) is 17.7. The van der Waals surface area contributed by atoms with E-state index in [0.29, 0.717) is 13.0 Å². The molecule has 0 amide bonds. The molecule has 2 aliphatic rings. The second-order valence-corrected chi connectivity index (χ2v) is 7.50. The first-order chi connectivity index (χ1) is 13.6. The number of rotatable bonds is 5. The molecule has 4 rings (SSSR count). The van der Waals surface area contributed by atoms with Crippen LogP contribution in [0.1, 0.15) is 29.8 Å². The molecule has 1 aromatic heterocycles. The predicted octanol–water partition coefficient (Wildman–Crippen LogP) is -0.745. The van der Waals surface area contributed by atoms with Gasteiger partial charge in [0.05, 0.1) is 19.4 Å². The van der Waals surface area contributed by atoms with Gasteiger partial charge >= 0.3 is 5.97 Å². The van der Waals surface area contributed by atoms with Crippen molar-refractivity contribution >= 4 is 23.1 Å². The normalized spacial score (nSPS) is 24.1. The Morgan fingerprint density at radius 1 is 1.34 bits per heavy atom. The Morgan fingerprint density at radius 3 is 2.79 bits per heavy atom. The molecule has 0 saturated carbocycles. The predicted molar refractivity (Wildman–Crippen MR) is 107 cm³/mol. The van der Waals surface area contributed by atoms with Gasteiger partial charge in [0.1, 0.15) is 13.1 Å². The van der Waals surface area contributed by atoms with Crippen molar-refractivity contribution in [3.63, 3.8) is 0 Å². The van der Waals surface area contributed by atoms with E-state index < -0.39 is 6.04 Å². The number of hydrogen-bond donors (Lipinski definition) is 1.